The van der Waals surface area contributed by atoms with Gasteiger partial charge in [-0.3, -0.25) is 0 Å². The summed E-state index contributed by atoms with van der Waals surface area (Å²) in [6.07, 6.45) is 2.34. The summed E-state index contributed by atoms with van der Waals surface area (Å²) >= 11 is 0. The maximum atomic E-state index is 10.9. The summed E-state index contributed by atoms with van der Waals surface area (Å²) in [6, 6.07) is 2.09. The van der Waals surface area contributed by atoms with Crippen molar-refractivity contribution < 1.29 is 32.7 Å². The number of carbonyl (C=O) groups is 2. The Hall–Kier alpha value is -1.07. The van der Waals surface area contributed by atoms with Gasteiger partial charge in [-0.05, 0) is 64.0 Å². The molecule has 0 aromatic carbocycles. The second kappa shape index (κ2) is 8.54. The van der Waals surface area contributed by atoms with E-state index < -0.39 is 28.9 Å². The monoisotopic (exact) mass is 390 g/mol. The van der Waals surface area contributed by atoms with Gasteiger partial charge in [-0.2, -0.15) is 0 Å². The van der Waals surface area contributed by atoms with Gasteiger partial charge in [-0.25, -0.2) is 9.59 Å². The van der Waals surface area contributed by atoms with Crippen LogP contribution in [-0.2, 0) is 23.1 Å². The lowest BCUT2D eigenvalue weighted by Gasteiger charge is -2.34. The van der Waals surface area contributed by atoms with Crippen LogP contribution in [0.25, 0.3) is 0 Å². The minimum absolute atomic E-state index is 0.0982. The van der Waals surface area contributed by atoms with Crippen LogP contribution < -0.4 is 0 Å². The third kappa shape index (κ3) is 7.37. The molecular formula is C16H30O7Si2. The number of hydrogen-bond donors (Lipinski definition) is 0. The highest BCUT2D eigenvalue weighted by molar-refractivity contribution is 6.84. The summed E-state index contributed by atoms with van der Waals surface area (Å²) in [7, 11) is -3.50. The van der Waals surface area contributed by atoms with Crippen molar-refractivity contribution in [3.05, 3.63) is 0 Å². The van der Waals surface area contributed by atoms with Gasteiger partial charge in [-0.15, -0.1) is 0 Å². The van der Waals surface area contributed by atoms with E-state index in [1.54, 1.807) is 0 Å². The van der Waals surface area contributed by atoms with E-state index in [4.69, 9.17) is 23.1 Å². The summed E-state index contributed by atoms with van der Waals surface area (Å²) in [5, 5.41) is 0. The fourth-order valence-electron chi connectivity index (χ4n) is 3.38. The van der Waals surface area contributed by atoms with Crippen LogP contribution in [0.1, 0.15) is 25.7 Å². The van der Waals surface area contributed by atoms with E-state index in [0.717, 1.165) is 37.8 Å². The smallest absolute Gasteiger partial charge is 0.455 e. The van der Waals surface area contributed by atoms with Crippen molar-refractivity contribution in [3.8, 4) is 0 Å². The lowest BCUT2D eigenvalue weighted by atomic mass is 10.2. The van der Waals surface area contributed by atoms with Crippen molar-refractivity contribution in [3.63, 3.8) is 0 Å². The van der Waals surface area contributed by atoms with Crippen LogP contribution in [0.5, 0.6) is 0 Å². The van der Waals surface area contributed by atoms with E-state index in [2.05, 4.69) is 26.2 Å². The highest BCUT2D eigenvalue weighted by Gasteiger charge is 2.34. The summed E-state index contributed by atoms with van der Waals surface area (Å²) in [5.41, 5.74) is 0. The molecule has 2 atom stereocenters. The largest absolute Gasteiger partial charge is 0.508 e. The number of ether oxygens (including phenoxy) is 4. The van der Waals surface area contributed by atoms with Gasteiger partial charge in [0.05, 0.1) is 0 Å². The van der Waals surface area contributed by atoms with Crippen LogP contribution in [-0.4, -0.2) is 54.4 Å². The Morgan fingerprint density at radius 2 is 1.24 bits per heavy atom. The molecule has 2 saturated heterocycles. The van der Waals surface area contributed by atoms with Crippen LogP contribution in [0.3, 0.4) is 0 Å². The Labute approximate surface area is 151 Å². The first-order valence-electron chi connectivity index (χ1n) is 9.02. The molecule has 0 aromatic heterocycles. The molecule has 0 aliphatic carbocycles. The maximum Gasteiger partial charge on any atom is 0.508 e. The molecule has 0 N–H and O–H groups in total. The Balaban J connectivity index is 1.64. The summed E-state index contributed by atoms with van der Waals surface area (Å²) < 4.78 is 26.3. The lowest BCUT2D eigenvalue weighted by molar-refractivity contribution is 0.115. The molecule has 2 unspecified atom stereocenters. The average molecular weight is 391 g/mol. The zero-order valence-electron chi connectivity index (χ0n) is 15.7. The minimum Gasteiger partial charge on any atom is -0.455 e. The Kier molecular flexibility index (Phi) is 6.92. The van der Waals surface area contributed by atoms with Crippen LogP contribution in [0, 0.1) is 0 Å². The fraction of sp³-hybridized carbons (Fsp3) is 0.875. The minimum atomic E-state index is -1.75. The predicted molar refractivity (Wildman–Crippen MR) is 96.6 cm³/mol. The van der Waals surface area contributed by atoms with Gasteiger partial charge in [-0.1, -0.05) is 0 Å². The van der Waals surface area contributed by atoms with E-state index in [1.807, 2.05) is 0 Å². The van der Waals surface area contributed by atoms with Gasteiger partial charge < -0.3 is 23.1 Å². The van der Waals surface area contributed by atoms with E-state index in [-0.39, 0.29) is 12.2 Å². The lowest BCUT2D eigenvalue weighted by Crippen LogP contribution is -2.44. The number of rotatable bonds is 10. The molecular weight excluding hydrogens is 360 g/mol. The highest BCUT2D eigenvalue weighted by Crippen LogP contribution is 2.26. The first-order chi connectivity index (χ1) is 11.7. The first kappa shape index (κ1) is 20.2. The van der Waals surface area contributed by atoms with Crippen molar-refractivity contribution in [2.24, 2.45) is 0 Å². The molecule has 0 bridgehead atoms. The van der Waals surface area contributed by atoms with Gasteiger partial charge in [0.15, 0.2) is 16.6 Å². The van der Waals surface area contributed by atoms with Crippen LogP contribution in [0.4, 0.5) is 9.59 Å². The predicted octanol–water partition coefficient (Wildman–Crippen LogP) is 4.04. The van der Waals surface area contributed by atoms with Crippen LogP contribution in [0.2, 0.25) is 38.3 Å². The Morgan fingerprint density at radius 1 is 0.840 bits per heavy atom. The standard InChI is InChI=1S/C16H30O7Si2/c1-24(2,9-5-7-13-11-19-15(17)21-13)23-25(3,4)10-6-8-14-12-20-16(18)22-14/h13-14H,5-12H2,1-4H3. The molecule has 2 aliphatic rings. The molecule has 0 radical (unpaired) electrons. The summed E-state index contributed by atoms with van der Waals surface area (Å²) in [4.78, 5) is 21.8. The topological polar surface area (TPSA) is 80.3 Å². The third-order valence-electron chi connectivity index (χ3n) is 4.46. The maximum absolute atomic E-state index is 10.9. The molecule has 2 aliphatic heterocycles. The molecule has 7 nitrogen and oxygen atoms in total. The van der Waals surface area contributed by atoms with Crippen molar-refractivity contribution in [2.75, 3.05) is 13.2 Å². The molecule has 2 rings (SSSR count). The fourth-order valence-corrected chi connectivity index (χ4v) is 12.3. The SMILES string of the molecule is C[Si](C)(CCCC1COC(=O)O1)O[Si](C)(C)CCCC1COC(=O)O1. The zero-order chi connectivity index (χ0) is 18.5. The Morgan fingerprint density at radius 3 is 1.56 bits per heavy atom. The molecule has 0 saturated carbocycles. The molecule has 144 valence electrons. The third-order valence-corrected chi connectivity index (χ3v) is 12.0. The van der Waals surface area contributed by atoms with Crippen LogP contribution >= 0.6 is 0 Å². The average Bonchev–Trinajstić information content (AvgIpc) is 3.06. The Bertz CT molecular complexity index is 439. The number of carbonyl (C=O) groups excluding carboxylic acids is 2. The van der Waals surface area contributed by atoms with Gasteiger partial charge >= 0.3 is 12.3 Å². The van der Waals surface area contributed by atoms with Gasteiger partial charge in [0, 0.05) is 0 Å². The normalized spacial score (nSPS) is 23.8. The van der Waals surface area contributed by atoms with Crippen molar-refractivity contribution in [1.82, 2.24) is 0 Å². The van der Waals surface area contributed by atoms with Gasteiger partial charge in [0.1, 0.15) is 25.4 Å². The van der Waals surface area contributed by atoms with E-state index in [0.29, 0.717) is 13.2 Å². The summed E-state index contributed by atoms with van der Waals surface area (Å²) in [6.45, 7) is 9.77. The molecule has 25 heavy (non-hydrogen) atoms. The molecule has 9 heteroatoms. The van der Waals surface area contributed by atoms with E-state index >= 15 is 0 Å². The summed E-state index contributed by atoms with van der Waals surface area (Å²) in [5.74, 6) is 0. The van der Waals surface area contributed by atoms with E-state index in [1.165, 1.54) is 0 Å². The highest BCUT2D eigenvalue weighted by atomic mass is 28.4. The zero-order valence-corrected chi connectivity index (χ0v) is 17.7. The number of cyclic esters (lactones) is 4. The van der Waals surface area contributed by atoms with E-state index in [9.17, 15) is 9.59 Å². The molecule has 2 heterocycles. The van der Waals surface area contributed by atoms with Crippen molar-refractivity contribution in [1.29, 1.82) is 0 Å². The molecule has 0 spiro atoms. The quantitative estimate of drug-likeness (QED) is 0.411. The second-order valence-electron chi connectivity index (χ2n) is 8.01. The van der Waals surface area contributed by atoms with Gasteiger partial charge in [0.25, 0.3) is 0 Å². The molecule has 0 amide bonds. The van der Waals surface area contributed by atoms with Gasteiger partial charge in [0.2, 0.25) is 0 Å². The first-order valence-corrected chi connectivity index (χ1v) is 15.3. The second-order valence-corrected chi connectivity index (χ2v) is 16.9. The van der Waals surface area contributed by atoms with Crippen molar-refractivity contribution in [2.45, 2.75) is 76.2 Å². The molecule has 2 fully saturated rings. The molecule has 0 aromatic rings. The van der Waals surface area contributed by atoms with Crippen LogP contribution in [0.15, 0.2) is 0 Å². The number of hydrogen-bond acceptors (Lipinski definition) is 7. The van der Waals surface area contributed by atoms with Crippen molar-refractivity contribution >= 4 is 28.9 Å².